The molecule has 46 heavy (non-hydrogen) atoms. The molecular formula is C34H45N3O7Si2. The van der Waals surface area contributed by atoms with Crippen LogP contribution >= 0.6 is 0 Å². The fourth-order valence-electron chi connectivity index (χ4n) is 4.31. The van der Waals surface area contributed by atoms with E-state index in [1.807, 2.05) is 24.3 Å². The lowest BCUT2D eigenvalue weighted by atomic mass is 10.1. The Hall–Kier alpha value is -3.98. The van der Waals surface area contributed by atoms with E-state index in [-0.39, 0.29) is 23.1 Å². The molecule has 0 saturated heterocycles. The number of hydrogen-bond donors (Lipinski definition) is 2. The van der Waals surface area contributed by atoms with Crippen LogP contribution in [0.2, 0.25) is 39.3 Å². The van der Waals surface area contributed by atoms with Crippen molar-refractivity contribution < 1.29 is 33.3 Å². The second kappa shape index (κ2) is 15.5. The molecule has 10 nitrogen and oxygen atoms in total. The summed E-state index contributed by atoms with van der Waals surface area (Å²) in [6.07, 6.45) is 1.48. The predicted molar refractivity (Wildman–Crippen MR) is 185 cm³/mol. The zero-order valence-electron chi connectivity index (χ0n) is 27.8. The van der Waals surface area contributed by atoms with E-state index in [0.717, 1.165) is 12.8 Å². The summed E-state index contributed by atoms with van der Waals surface area (Å²) in [6.45, 7) is 15.1. The quantitative estimate of drug-likeness (QED) is 0.0918. The molecule has 0 spiro atoms. The predicted octanol–water partition coefficient (Wildman–Crippen LogP) is 7.53. The average molecular weight is 664 g/mol. The lowest BCUT2D eigenvalue weighted by molar-refractivity contribution is 0.243. The van der Waals surface area contributed by atoms with Crippen LogP contribution in [-0.2, 0) is 8.85 Å². The van der Waals surface area contributed by atoms with Gasteiger partial charge in [0.05, 0.1) is 31.5 Å². The second-order valence-electron chi connectivity index (χ2n) is 12.7. The van der Waals surface area contributed by atoms with Crippen LogP contribution in [0.1, 0.15) is 12.8 Å². The molecule has 0 bridgehead atoms. The highest BCUT2D eigenvalue weighted by Crippen LogP contribution is 2.36. The van der Waals surface area contributed by atoms with E-state index >= 15 is 0 Å². The first-order valence-electron chi connectivity index (χ1n) is 15.4. The van der Waals surface area contributed by atoms with Crippen LogP contribution in [0.3, 0.4) is 0 Å². The number of aromatic hydroxyl groups is 2. The summed E-state index contributed by atoms with van der Waals surface area (Å²) in [5.41, 5.74) is 1.47. The molecular weight excluding hydrogens is 619 g/mol. The Kier molecular flexibility index (Phi) is 11.8. The number of benzene rings is 3. The minimum Gasteiger partial charge on any atom is -0.507 e. The van der Waals surface area contributed by atoms with Gasteiger partial charge in [-0.1, -0.05) is 0 Å². The molecule has 0 saturated carbocycles. The molecule has 12 heteroatoms. The van der Waals surface area contributed by atoms with Crippen LogP contribution in [0.25, 0.3) is 34.2 Å². The summed E-state index contributed by atoms with van der Waals surface area (Å²) >= 11 is 0. The van der Waals surface area contributed by atoms with E-state index in [1.165, 1.54) is 0 Å². The molecule has 246 valence electrons. The second-order valence-corrected chi connectivity index (χ2v) is 21.7. The molecule has 3 aromatic carbocycles. The van der Waals surface area contributed by atoms with Crippen molar-refractivity contribution in [2.75, 3.05) is 33.5 Å². The van der Waals surface area contributed by atoms with E-state index in [4.69, 9.17) is 33.0 Å². The normalized spacial score (nSPS) is 11.8. The first-order chi connectivity index (χ1) is 21.8. The Morgan fingerprint density at radius 1 is 0.543 bits per heavy atom. The summed E-state index contributed by atoms with van der Waals surface area (Å²) in [7, 11) is -1.56. The molecule has 0 radical (unpaired) electrons. The maximum atomic E-state index is 11.0. The number of ether oxygens (including phenoxy) is 3. The summed E-state index contributed by atoms with van der Waals surface area (Å²) < 4.78 is 28.9. The lowest BCUT2D eigenvalue weighted by Crippen LogP contribution is -2.26. The number of phenolic OH excluding ortho intramolecular Hbond substituents is 2. The summed E-state index contributed by atoms with van der Waals surface area (Å²) in [4.78, 5) is 14.1. The van der Waals surface area contributed by atoms with Gasteiger partial charge < -0.3 is 33.3 Å². The van der Waals surface area contributed by atoms with E-state index in [1.54, 1.807) is 43.5 Å². The number of aromatic nitrogens is 3. The van der Waals surface area contributed by atoms with E-state index in [2.05, 4.69) is 44.3 Å². The van der Waals surface area contributed by atoms with Gasteiger partial charge >= 0.3 is 0 Å². The van der Waals surface area contributed by atoms with Crippen LogP contribution in [0.4, 0.5) is 0 Å². The molecule has 4 aromatic rings. The molecule has 1 aromatic heterocycles. The Morgan fingerprint density at radius 3 is 1.59 bits per heavy atom. The average Bonchev–Trinajstić information content (AvgIpc) is 3.00. The SMILES string of the molecule is COc1ccc(-c2nc(-c3ccc(OCCCO[Si](C)(C)C)cc3O)nc(-c3cc(OCCCO[Si](C)(C)C)ccc3O)n2)cc1. The minimum absolute atomic E-state index is 0.0154. The van der Waals surface area contributed by atoms with Gasteiger partial charge in [0.15, 0.2) is 34.1 Å². The van der Waals surface area contributed by atoms with E-state index in [9.17, 15) is 10.2 Å². The highest BCUT2D eigenvalue weighted by atomic mass is 28.4. The Balaban J connectivity index is 1.61. The standard InChI is InChI=1S/C34H45N3O7Si2/c1-40-25-12-10-24(11-13-25)32-35-33(28-16-14-27(23-31(28)39)42-19-9-21-44-46(5,6)7)37-34(36-32)29-22-26(15-17-30(29)38)41-18-8-20-43-45(2,3)4/h10-17,22-23,38-39H,8-9,18-21H2,1-7H3. The molecule has 0 amide bonds. The zero-order valence-corrected chi connectivity index (χ0v) is 29.8. The van der Waals surface area contributed by atoms with Crippen LogP contribution in [0.15, 0.2) is 60.7 Å². The maximum Gasteiger partial charge on any atom is 0.183 e. The fourth-order valence-corrected chi connectivity index (χ4v) is 5.83. The third-order valence-electron chi connectivity index (χ3n) is 6.59. The van der Waals surface area contributed by atoms with Crippen LogP contribution < -0.4 is 14.2 Å². The van der Waals surface area contributed by atoms with Gasteiger partial charge in [-0.25, -0.2) is 15.0 Å². The van der Waals surface area contributed by atoms with Gasteiger partial charge in [0.25, 0.3) is 0 Å². The maximum absolute atomic E-state index is 11.0. The molecule has 0 atom stereocenters. The number of hydrogen-bond acceptors (Lipinski definition) is 10. The van der Waals surface area contributed by atoms with Gasteiger partial charge in [0, 0.05) is 37.7 Å². The Labute approximate surface area is 273 Å². The van der Waals surface area contributed by atoms with Crippen LogP contribution in [0, 0.1) is 0 Å². The van der Waals surface area contributed by atoms with Crippen molar-refractivity contribution in [2.45, 2.75) is 52.1 Å². The largest absolute Gasteiger partial charge is 0.507 e. The van der Waals surface area contributed by atoms with Crippen LogP contribution in [-0.4, -0.2) is 75.3 Å². The van der Waals surface area contributed by atoms with Gasteiger partial charge in [-0.2, -0.15) is 0 Å². The molecule has 0 fully saturated rings. The Morgan fingerprint density at radius 2 is 1.04 bits per heavy atom. The van der Waals surface area contributed by atoms with Gasteiger partial charge in [0.1, 0.15) is 28.7 Å². The lowest BCUT2D eigenvalue weighted by Gasteiger charge is -2.17. The molecule has 1 heterocycles. The van der Waals surface area contributed by atoms with E-state index in [0.29, 0.717) is 66.2 Å². The molecule has 0 aliphatic carbocycles. The molecule has 0 aliphatic rings. The third kappa shape index (κ3) is 10.5. The first-order valence-corrected chi connectivity index (χ1v) is 22.2. The number of rotatable bonds is 16. The molecule has 0 unspecified atom stereocenters. The summed E-state index contributed by atoms with van der Waals surface area (Å²) in [5.74, 6) is 2.54. The van der Waals surface area contributed by atoms with Crippen molar-refractivity contribution in [2.24, 2.45) is 0 Å². The monoisotopic (exact) mass is 663 g/mol. The topological polar surface area (TPSA) is 125 Å². The third-order valence-corrected chi connectivity index (χ3v) is 8.73. The van der Waals surface area contributed by atoms with Crippen molar-refractivity contribution in [3.8, 4) is 62.9 Å². The number of phenols is 2. The van der Waals surface area contributed by atoms with Crippen molar-refractivity contribution in [1.82, 2.24) is 15.0 Å². The van der Waals surface area contributed by atoms with Crippen molar-refractivity contribution in [3.05, 3.63) is 60.7 Å². The zero-order chi connectivity index (χ0) is 33.3. The van der Waals surface area contributed by atoms with E-state index < -0.39 is 16.6 Å². The van der Waals surface area contributed by atoms with Crippen molar-refractivity contribution in [1.29, 1.82) is 0 Å². The van der Waals surface area contributed by atoms with Gasteiger partial charge in [-0.3, -0.25) is 0 Å². The number of methoxy groups -OCH3 is 1. The number of nitrogens with zero attached hydrogens (tertiary/aromatic N) is 3. The van der Waals surface area contributed by atoms with Crippen LogP contribution in [0.5, 0.6) is 28.7 Å². The Bertz CT molecular complexity index is 1590. The molecule has 2 N–H and O–H groups in total. The van der Waals surface area contributed by atoms with Gasteiger partial charge in [-0.15, -0.1) is 0 Å². The van der Waals surface area contributed by atoms with Gasteiger partial charge in [-0.05, 0) is 93.9 Å². The van der Waals surface area contributed by atoms with Crippen molar-refractivity contribution >= 4 is 16.6 Å². The summed E-state index contributed by atoms with van der Waals surface area (Å²) in [6, 6.07) is 17.3. The van der Waals surface area contributed by atoms with Crippen molar-refractivity contribution in [3.63, 3.8) is 0 Å². The smallest absolute Gasteiger partial charge is 0.183 e. The highest BCUT2D eigenvalue weighted by Gasteiger charge is 2.19. The molecule has 4 rings (SSSR count). The van der Waals surface area contributed by atoms with Gasteiger partial charge in [0.2, 0.25) is 0 Å². The first kappa shape index (κ1) is 34.9. The highest BCUT2D eigenvalue weighted by molar-refractivity contribution is 6.70. The molecule has 0 aliphatic heterocycles. The minimum atomic E-state index is -1.59. The summed E-state index contributed by atoms with van der Waals surface area (Å²) in [5, 5.41) is 21.9. The fraction of sp³-hybridized carbons (Fsp3) is 0.382.